The van der Waals surface area contributed by atoms with Gasteiger partial charge in [0.15, 0.2) is 0 Å². The van der Waals surface area contributed by atoms with E-state index in [4.69, 9.17) is 0 Å². The first kappa shape index (κ1) is 21.8. The minimum atomic E-state index is -4.83. The van der Waals surface area contributed by atoms with E-state index < -0.39 is 29.3 Å². The number of hydrogen-bond acceptors (Lipinski definition) is 4. The molecule has 0 saturated carbocycles. The Bertz CT molecular complexity index is 1100. The Balaban J connectivity index is 2.06. The van der Waals surface area contributed by atoms with Gasteiger partial charge in [-0.3, -0.25) is 4.55 Å². The summed E-state index contributed by atoms with van der Waals surface area (Å²) in [7, 11) is 0. The molecule has 6 nitrogen and oxygen atoms in total. The van der Waals surface area contributed by atoms with Gasteiger partial charge < -0.3 is 9.84 Å². The van der Waals surface area contributed by atoms with Gasteiger partial charge in [-0.05, 0) is 54.4 Å². The molecule has 3 rings (SSSR count). The van der Waals surface area contributed by atoms with Crippen LogP contribution in [0, 0.1) is 6.92 Å². The number of hydrogen-bond donors (Lipinski definition) is 2. The Kier molecular flexibility index (Phi) is 6.15. The number of carboxylic acid groups (broad SMARTS) is 1. The van der Waals surface area contributed by atoms with Crippen LogP contribution in [-0.4, -0.2) is 26.2 Å². The number of para-hydroxylation sites is 1. The van der Waals surface area contributed by atoms with Crippen LogP contribution in [0.5, 0.6) is 5.75 Å². The van der Waals surface area contributed by atoms with Crippen molar-refractivity contribution in [1.82, 2.24) is 0 Å². The van der Waals surface area contributed by atoms with Gasteiger partial charge in [0.2, 0.25) is 0 Å². The quantitative estimate of drug-likeness (QED) is 0.471. The monoisotopic (exact) mass is 457 g/mol. The van der Waals surface area contributed by atoms with Crippen LogP contribution in [-0.2, 0) is 11.3 Å². The fourth-order valence-corrected chi connectivity index (χ4v) is 4.47. The van der Waals surface area contributed by atoms with E-state index in [0.29, 0.717) is 21.7 Å². The summed E-state index contributed by atoms with van der Waals surface area (Å²) in [5, 5.41) is 9.60. The topological polar surface area (TPSA) is 87.1 Å². The van der Waals surface area contributed by atoms with Crippen molar-refractivity contribution in [3.8, 4) is 16.2 Å². The van der Waals surface area contributed by atoms with Gasteiger partial charge in [0.05, 0.1) is 11.4 Å². The third kappa shape index (κ3) is 4.81. The number of benzene rings is 2. The van der Waals surface area contributed by atoms with Crippen molar-refractivity contribution >= 4 is 39.9 Å². The van der Waals surface area contributed by atoms with E-state index in [9.17, 15) is 31.8 Å². The van der Waals surface area contributed by atoms with Gasteiger partial charge in [-0.15, -0.1) is 24.5 Å². The Labute approximate surface area is 175 Å². The Hall–Kier alpha value is -2.89. The number of ether oxygens (including phenoxy) is 1. The van der Waals surface area contributed by atoms with E-state index in [-0.39, 0.29) is 10.6 Å². The summed E-state index contributed by atoms with van der Waals surface area (Å²) in [5.41, 5.74) is 1.42. The van der Waals surface area contributed by atoms with E-state index in [0.717, 1.165) is 27.8 Å². The molecule has 1 atom stereocenters. The van der Waals surface area contributed by atoms with E-state index >= 15 is 0 Å². The number of alkyl halides is 3. The van der Waals surface area contributed by atoms with E-state index in [1.54, 1.807) is 31.2 Å². The summed E-state index contributed by atoms with van der Waals surface area (Å²) in [6, 6.07) is 13.0. The number of rotatable bonds is 6. The third-order valence-corrected chi connectivity index (χ3v) is 5.86. The van der Waals surface area contributed by atoms with Crippen molar-refractivity contribution in [2.45, 2.75) is 13.3 Å². The highest BCUT2D eigenvalue weighted by Gasteiger charge is 2.31. The molecule has 0 fully saturated rings. The molecule has 1 heterocycles. The number of aryl methyl sites for hydroxylation is 1. The number of halogens is 3. The highest BCUT2D eigenvalue weighted by atomic mass is 32.2. The van der Waals surface area contributed by atoms with Crippen LogP contribution in [0.2, 0.25) is 0 Å². The largest absolute Gasteiger partial charge is 0.573 e. The molecular formula is C19H14F3NO5S2. The minimum absolute atomic E-state index is 0.00625. The standard InChI is InChI=1S/C19H14F3NO5S2/c1-11-4-2-3-5-14(11)23(30(26)27)15-10-16(29-17(15)18(24)25)12-6-8-13(9-7-12)28-19(20,21)22/h2-10H,1H3,(H,24,25)(H,26,27). The molecule has 0 amide bonds. The van der Waals surface area contributed by atoms with E-state index in [1.165, 1.54) is 18.2 Å². The predicted molar refractivity (Wildman–Crippen MR) is 107 cm³/mol. The van der Waals surface area contributed by atoms with Crippen LogP contribution < -0.4 is 9.04 Å². The summed E-state index contributed by atoms with van der Waals surface area (Å²) < 4.78 is 63.7. The van der Waals surface area contributed by atoms with E-state index in [1.807, 2.05) is 0 Å². The molecule has 2 aromatic carbocycles. The van der Waals surface area contributed by atoms with Gasteiger partial charge >= 0.3 is 12.3 Å². The zero-order chi connectivity index (χ0) is 22.1. The Morgan fingerprint density at radius 1 is 1.10 bits per heavy atom. The van der Waals surface area contributed by atoms with Gasteiger partial charge in [0.1, 0.15) is 10.6 Å². The first-order valence-corrected chi connectivity index (χ1v) is 10.1. The fourth-order valence-electron chi connectivity index (χ4n) is 2.74. The van der Waals surface area contributed by atoms with Crippen molar-refractivity contribution in [3.63, 3.8) is 0 Å². The molecular weight excluding hydrogens is 443 g/mol. The number of carbonyl (C=O) groups is 1. The molecule has 0 bridgehead atoms. The average molecular weight is 457 g/mol. The average Bonchev–Trinajstić information content (AvgIpc) is 3.08. The highest BCUT2D eigenvalue weighted by Crippen LogP contribution is 2.41. The summed E-state index contributed by atoms with van der Waals surface area (Å²) in [6.07, 6.45) is -4.83. The second-order valence-electron chi connectivity index (χ2n) is 6.01. The van der Waals surface area contributed by atoms with Crippen molar-refractivity contribution in [2.75, 3.05) is 4.31 Å². The smallest absolute Gasteiger partial charge is 0.477 e. The molecule has 11 heteroatoms. The van der Waals surface area contributed by atoms with Gasteiger partial charge in [-0.25, -0.2) is 13.3 Å². The molecule has 0 radical (unpaired) electrons. The van der Waals surface area contributed by atoms with Crippen molar-refractivity contribution in [1.29, 1.82) is 0 Å². The predicted octanol–water partition coefficient (Wildman–Crippen LogP) is 5.60. The van der Waals surface area contributed by atoms with Gasteiger partial charge in [0, 0.05) is 4.88 Å². The van der Waals surface area contributed by atoms with Crippen LogP contribution in [0.3, 0.4) is 0 Å². The molecule has 0 spiro atoms. The molecule has 30 heavy (non-hydrogen) atoms. The maximum Gasteiger partial charge on any atom is 0.573 e. The summed E-state index contributed by atoms with van der Waals surface area (Å²) in [4.78, 5) is 12.0. The van der Waals surface area contributed by atoms with Crippen LogP contribution in [0.4, 0.5) is 24.5 Å². The Morgan fingerprint density at radius 3 is 2.27 bits per heavy atom. The number of anilines is 2. The number of nitrogens with zero attached hydrogens (tertiary/aromatic N) is 1. The lowest BCUT2D eigenvalue weighted by Gasteiger charge is -2.21. The Morgan fingerprint density at radius 2 is 1.73 bits per heavy atom. The van der Waals surface area contributed by atoms with Crippen LogP contribution in [0.15, 0.2) is 54.6 Å². The van der Waals surface area contributed by atoms with Crippen LogP contribution >= 0.6 is 11.3 Å². The molecule has 2 N–H and O–H groups in total. The fraction of sp³-hybridized carbons (Fsp3) is 0.105. The summed E-state index contributed by atoms with van der Waals surface area (Å²) in [5.74, 6) is -1.72. The SMILES string of the molecule is Cc1ccccc1N(c1cc(-c2ccc(OC(F)(F)F)cc2)sc1C(=O)O)S(=O)O. The van der Waals surface area contributed by atoms with Crippen molar-refractivity contribution in [3.05, 3.63) is 65.0 Å². The van der Waals surface area contributed by atoms with Gasteiger partial charge in [-0.1, -0.05) is 18.2 Å². The summed E-state index contributed by atoms with van der Waals surface area (Å²) in [6.45, 7) is 1.71. The minimum Gasteiger partial charge on any atom is -0.477 e. The molecule has 1 aromatic heterocycles. The molecule has 1 unspecified atom stereocenters. The molecule has 0 saturated heterocycles. The lowest BCUT2D eigenvalue weighted by atomic mass is 10.1. The number of aromatic carboxylic acids is 1. The first-order valence-electron chi connectivity index (χ1n) is 8.27. The first-order chi connectivity index (χ1) is 14.1. The molecule has 0 aliphatic heterocycles. The summed E-state index contributed by atoms with van der Waals surface area (Å²) >= 11 is -1.73. The van der Waals surface area contributed by atoms with E-state index in [2.05, 4.69) is 4.74 Å². The van der Waals surface area contributed by atoms with Crippen molar-refractivity contribution in [2.24, 2.45) is 0 Å². The number of carboxylic acids is 1. The zero-order valence-corrected chi connectivity index (χ0v) is 16.8. The molecule has 0 aliphatic rings. The van der Waals surface area contributed by atoms with Crippen LogP contribution in [0.1, 0.15) is 15.2 Å². The second kappa shape index (κ2) is 8.46. The maximum absolute atomic E-state index is 12.3. The van der Waals surface area contributed by atoms with Gasteiger partial charge in [0.25, 0.3) is 11.3 Å². The normalized spacial score (nSPS) is 12.4. The highest BCUT2D eigenvalue weighted by molar-refractivity contribution is 7.81. The van der Waals surface area contributed by atoms with Gasteiger partial charge in [-0.2, -0.15) is 0 Å². The molecule has 3 aromatic rings. The second-order valence-corrected chi connectivity index (χ2v) is 7.89. The lowest BCUT2D eigenvalue weighted by Crippen LogP contribution is -2.21. The maximum atomic E-state index is 12.3. The zero-order valence-electron chi connectivity index (χ0n) is 15.2. The van der Waals surface area contributed by atoms with Crippen molar-refractivity contribution < 1.29 is 36.6 Å². The van der Waals surface area contributed by atoms with Crippen LogP contribution in [0.25, 0.3) is 10.4 Å². The molecule has 0 aliphatic carbocycles. The molecule has 158 valence electrons. The lowest BCUT2D eigenvalue weighted by molar-refractivity contribution is -0.274. The number of thiophene rings is 1. The third-order valence-electron chi connectivity index (χ3n) is 3.99.